The van der Waals surface area contributed by atoms with Gasteiger partial charge in [-0.15, -0.1) is 0 Å². The van der Waals surface area contributed by atoms with E-state index in [9.17, 15) is 13.2 Å². The van der Waals surface area contributed by atoms with Crippen molar-refractivity contribution in [1.29, 1.82) is 0 Å². The zero-order valence-electron chi connectivity index (χ0n) is 15.2. The molecule has 2 aromatic carbocycles. The van der Waals surface area contributed by atoms with Crippen LogP contribution < -0.4 is 5.43 Å². The molecule has 2 aromatic heterocycles. The van der Waals surface area contributed by atoms with Crippen LogP contribution in [-0.2, 0) is 9.84 Å². The van der Waals surface area contributed by atoms with Crippen molar-refractivity contribution in [3.05, 3.63) is 88.3 Å². The number of rotatable bonds is 4. The number of nitrogens with zero attached hydrogens (tertiary/aromatic N) is 4. The van der Waals surface area contributed by atoms with Crippen LogP contribution in [0.25, 0.3) is 22.8 Å². The maximum Gasteiger partial charge on any atom is 0.209 e. The van der Waals surface area contributed by atoms with Crippen molar-refractivity contribution in [3.8, 4) is 22.8 Å². The summed E-state index contributed by atoms with van der Waals surface area (Å²) in [5.41, 5.74) is 1.77. The Labute approximate surface area is 171 Å². The molecule has 29 heavy (non-hydrogen) atoms. The summed E-state index contributed by atoms with van der Waals surface area (Å²) in [4.78, 5) is 12.7. The fourth-order valence-corrected chi connectivity index (χ4v) is 3.69. The topological polar surface area (TPSA) is 86.9 Å². The van der Waals surface area contributed by atoms with Crippen LogP contribution in [0, 0.1) is 0 Å². The molecular weight excluding hydrogens is 412 g/mol. The van der Waals surface area contributed by atoms with Gasteiger partial charge in [0.15, 0.2) is 15.5 Å². The van der Waals surface area contributed by atoms with Crippen molar-refractivity contribution < 1.29 is 8.42 Å². The predicted molar refractivity (Wildman–Crippen MR) is 111 cm³/mol. The molecule has 0 unspecified atom stereocenters. The van der Waals surface area contributed by atoms with Gasteiger partial charge in [0.2, 0.25) is 5.43 Å². The maximum absolute atomic E-state index is 12.5. The molecule has 0 radical (unpaired) electrons. The van der Waals surface area contributed by atoms with Crippen LogP contribution >= 0.6 is 11.6 Å². The van der Waals surface area contributed by atoms with Gasteiger partial charge in [-0.25, -0.2) is 17.8 Å². The molecule has 0 amide bonds. The fourth-order valence-electron chi connectivity index (χ4n) is 2.87. The van der Waals surface area contributed by atoms with Gasteiger partial charge in [-0.3, -0.25) is 4.79 Å². The van der Waals surface area contributed by atoms with Gasteiger partial charge in [0, 0.05) is 23.5 Å². The van der Waals surface area contributed by atoms with Crippen molar-refractivity contribution in [2.45, 2.75) is 4.90 Å². The molecule has 7 nitrogen and oxygen atoms in total. The van der Waals surface area contributed by atoms with Crippen LogP contribution in [0.2, 0.25) is 5.02 Å². The molecule has 0 N–H and O–H groups in total. The second-order valence-corrected chi connectivity index (χ2v) is 8.80. The summed E-state index contributed by atoms with van der Waals surface area (Å²) < 4.78 is 26.4. The van der Waals surface area contributed by atoms with Crippen LogP contribution in [0.15, 0.2) is 82.7 Å². The third-order valence-corrected chi connectivity index (χ3v) is 5.64. The lowest BCUT2D eigenvalue weighted by Gasteiger charge is -2.10. The maximum atomic E-state index is 12.5. The third kappa shape index (κ3) is 3.85. The molecule has 0 aliphatic rings. The first-order valence-electron chi connectivity index (χ1n) is 8.54. The molecule has 9 heteroatoms. The van der Waals surface area contributed by atoms with Gasteiger partial charge in [-0.2, -0.15) is 10.2 Å². The van der Waals surface area contributed by atoms with E-state index in [1.165, 1.54) is 29.1 Å². The summed E-state index contributed by atoms with van der Waals surface area (Å²) in [6.07, 6.45) is 4.26. The third-order valence-electron chi connectivity index (χ3n) is 4.28. The van der Waals surface area contributed by atoms with Crippen LogP contribution in [-0.4, -0.2) is 34.2 Å². The van der Waals surface area contributed by atoms with Crippen LogP contribution in [0.5, 0.6) is 0 Å². The minimum absolute atomic E-state index is 0.206. The van der Waals surface area contributed by atoms with Crippen LogP contribution in [0.1, 0.15) is 0 Å². The molecule has 0 spiro atoms. The first kappa shape index (κ1) is 19.1. The van der Waals surface area contributed by atoms with E-state index in [1.807, 2.05) is 6.07 Å². The van der Waals surface area contributed by atoms with E-state index in [1.54, 1.807) is 47.3 Å². The summed E-state index contributed by atoms with van der Waals surface area (Å²) in [5.74, 6) is 0. The Balaban J connectivity index is 1.80. The normalized spacial score (nSPS) is 11.5. The van der Waals surface area contributed by atoms with Gasteiger partial charge in [0.05, 0.1) is 28.2 Å². The second kappa shape index (κ2) is 7.31. The lowest BCUT2D eigenvalue weighted by atomic mass is 10.2. The average Bonchev–Trinajstić information content (AvgIpc) is 3.17. The van der Waals surface area contributed by atoms with Crippen molar-refractivity contribution in [3.63, 3.8) is 0 Å². The van der Waals surface area contributed by atoms with Gasteiger partial charge in [0.25, 0.3) is 0 Å². The minimum Gasteiger partial charge on any atom is -0.287 e. The highest BCUT2D eigenvalue weighted by Crippen LogP contribution is 2.21. The van der Waals surface area contributed by atoms with Crippen molar-refractivity contribution in [2.75, 3.05) is 6.26 Å². The Kier molecular flexibility index (Phi) is 4.81. The smallest absolute Gasteiger partial charge is 0.209 e. The SMILES string of the molecule is CS(=O)(=O)c1ccc(-n2ccc(=O)c(-c3ccnn3-c3cccc(Cl)c3)n2)cc1. The average molecular weight is 427 g/mol. The van der Waals surface area contributed by atoms with E-state index >= 15 is 0 Å². The standard InChI is InChI=1S/C20H15ClN4O3S/c1-29(27,28)17-7-5-15(6-8-17)24-12-10-19(26)20(23-24)18-9-11-22-25(18)16-4-2-3-14(21)13-16/h2-13H,1H3. The van der Waals surface area contributed by atoms with Gasteiger partial charge >= 0.3 is 0 Å². The molecule has 4 aromatic rings. The molecule has 0 aliphatic carbocycles. The minimum atomic E-state index is -3.29. The molecule has 146 valence electrons. The van der Waals surface area contributed by atoms with Gasteiger partial charge in [0.1, 0.15) is 0 Å². The first-order valence-corrected chi connectivity index (χ1v) is 10.8. The molecule has 0 fully saturated rings. The quantitative estimate of drug-likeness (QED) is 0.500. The number of aromatic nitrogens is 4. The summed E-state index contributed by atoms with van der Waals surface area (Å²) >= 11 is 6.08. The Hall–Kier alpha value is -3.23. The van der Waals surface area contributed by atoms with Crippen LogP contribution in [0.4, 0.5) is 0 Å². The Bertz CT molecular complexity index is 1360. The molecule has 0 saturated heterocycles. The first-order chi connectivity index (χ1) is 13.8. The lowest BCUT2D eigenvalue weighted by molar-refractivity contribution is 0.602. The van der Waals surface area contributed by atoms with Crippen molar-refractivity contribution in [1.82, 2.24) is 19.6 Å². The van der Waals surface area contributed by atoms with Crippen LogP contribution in [0.3, 0.4) is 0 Å². The summed E-state index contributed by atoms with van der Waals surface area (Å²) in [5, 5.41) is 9.29. The zero-order valence-corrected chi connectivity index (χ0v) is 16.8. The number of halogens is 1. The number of benzene rings is 2. The zero-order chi connectivity index (χ0) is 20.6. The van der Waals surface area contributed by atoms with E-state index in [0.717, 1.165) is 6.26 Å². The van der Waals surface area contributed by atoms with Crippen molar-refractivity contribution in [2.24, 2.45) is 0 Å². The Morgan fingerprint density at radius 2 is 1.72 bits per heavy atom. The largest absolute Gasteiger partial charge is 0.287 e. The van der Waals surface area contributed by atoms with E-state index in [0.29, 0.717) is 22.1 Å². The van der Waals surface area contributed by atoms with Gasteiger partial charge in [-0.05, 0) is 48.5 Å². The summed E-state index contributed by atoms with van der Waals surface area (Å²) in [6.45, 7) is 0. The fraction of sp³-hybridized carbons (Fsp3) is 0.0500. The highest BCUT2D eigenvalue weighted by Gasteiger charge is 2.14. The van der Waals surface area contributed by atoms with Crippen molar-refractivity contribution >= 4 is 21.4 Å². The highest BCUT2D eigenvalue weighted by atomic mass is 35.5. The lowest BCUT2D eigenvalue weighted by Crippen LogP contribution is -2.14. The predicted octanol–water partition coefficient (Wildman–Crippen LogP) is 3.14. The molecule has 0 bridgehead atoms. The Morgan fingerprint density at radius 3 is 2.41 bits per heavy atom. The van der Waals surface area contributed by atoms with E-state index in [-0.39, 0.29) is 16.0 Å². The molecule has 2 heterocycles. The Morgan fingerprint density at radius 1 is 0.966 bits per heavy atom. The molecule has 0 aliphatic heterocycles. The molecule has 0 saturated carbocycles. The summed E-state index contributed by atoms with van der Waals surface area (Å²) in [6, 6.07) is 16.5. The van der Waals surface area contributed by atoms with Gasteiger partial charge in [-0.1, -0.05) is 17.7 Å². The molecule has 4 rings (SSSR count). The van der Waals surface area contributed by atoms with E-state index < -0.39 is 9.84 Å². The highest BCUT2D eigenvalue weighted by molar-refractivity contribution is 7.90. The molecule has 0 atom stereocenters. The monoisotopic (exact) mass is 426 g/mol. The van der Waals surface area contributed by atoms with Gasteiger partial charge < -0.3 is 0 Å². The number of hydrogen-bond acceptors (Lipinski definition) is 5. The summed E-state index contributed by atoms with van der Waals surface area (Å²) in [7, 11) is -3.29. The van der Waals surface area contributed by atoms with E-state index in [2.05, 4.69) is 10.2 Å². The number of sulfone groups is 1. The molecular formula is C20H15ClN4O3S. The number of hydrogen-bond donors (Lipinski definition) is 0. The second-order valence-electron chi connectivity index (χ2n) is 6.35. The van der Waals surface area contributed by atoms with E-state index in [4.69, 9.17) is 11.6 Å².